The molecule has 30 heavy (non-hydrogen) atoms. The average Bonchev–Trinajstić information content (AvgIpc) is 3.13. The van der Waals surface area contributed by atoms with Gasteiger partial charge in [-0.15, -0.1) is 0 Å². The van der Waals surface area contributed by atoms with E-state index in [0.29, 0.717) is 5.75 Å². The summed E-state index contributed by atoms with van der Waals surface area (Å²) < 4.78 is 40.4. The van der Waals surface area contributed by atoms with Gasteiger partial charge in [-0.1, -0.05) is 28.1 Å². The summed E-state index contributed by atoms with van der Waals surface area (Å²) >= 11 is 3.01. The molecule has 3 rings (SSSR count). The van der Waals surface area contributed by atoms with E-state index in [2.05, 4.69) is 26.2 Å². The molecule has 0 saturated carbocycles. The normalized spacial score (nSPS) is 13.1. The maximum atomic E-state index is 13.9. The van der Waals surface area contributed by atoms with E-state index in [0.717, 1.165) is 23.5 Å². The highest BCUT2D eigenvalue weighted by Gasteiger charge is 2.21. The lowest BCUT2D eigenvalue weighted by Crippen LogP contribution is -2.35. The lowest BCUT2D eigenvalue weighted by Gasteiger charge is -2.22. The zero-order chi connectivity index (χ0) is 21.7. The third kappa shape index (κ3) is 5.35. The van der Waals surface area contributed by atoms with Crippen LogP contribution in [0, 0.1) is 11.6 Å². The molecule has 0 radical (unpaired) electrons. The van der Waals surface area contributed by atoms with Gasteiger partial charge in [0.05, 0.1) is 13.2 Å². The fourth-order valence-electron chi connectivity index (χ4n) is 2.99. The summed E-state index contributed by atoms with van der Waals surface area (Å²) in [7, 11) is 3.46. The first-order valence-electron chi connectivity index (χ1n) is 9.19. The molecule has 0 aliphatic rings. The number of nitrogens with one attached hydrogen (secondary N) is 1. The predicted molar refractivity (Wildman–Crippen MR) is 112 cm³/mol. The number of benzene rings is 2. The Hall–Kier alpha value is -2.49. The molecule has 1 heterocycles. The molecule has 0 bridgehead atoms. The number of aryl methyl sites for hydroxylation is 1. The first-order valence-corrected chi connectivity index (χ1v) is 9.98. The molecule has 0 aliphatic carbocycles. The Morgan fingerprint density at radius 2 is 1.97 bits per heavy atom. The van der Waals surface area contributed by atoms with E-state index < -0.39 is 23.5 Å². The minimum absolute atomic E-state index is 0.106. The van der Waals surface area contributed by atoms with E-state index in [9.17, 15) is 13.9 Å². The smallest absolute Gasteiger partial charge is 0.190 e. The number of halogens is 3. The van der Waals surface area contributed by atoms with Crippen molar-refractivity contribution in [3.63, 3.8) is 0 Å². The molecular weight excluding hydrogens is 460 g/mol. The molecule has 160 valence electrons. The molecule has 1 aromatic heterocycles. The first kappa shape index (κ1) is 22.2. The molecule has 6 nitrogen and oxygen atoms in total. The molecule has 0 amide bonds. The number of hydrogen-bond acceptors (Lipinski definition) is 5. The summed E-state index contributed by atoms with van der Waals surface area (Å²) in [6.07, 6.45) is 2.49. The van der Waals surface area contributed by atoms with Gasteiger partial charge in [0.25, 0.3) is 0 Å². The molecule has 9 heteroatoms. The second kappa shape index (κ2) is 10.0. The third-order valence-electron chi connectivity index (χ3n) is 4.48. The number of methoxy groups -OCH3 is 1. The molecule has 2 N–H and O–H groups in total. The van der Waals surface area contributed by atoms with Crippen molar-refractivity contribution < 1.29 is 23.4 Å². The van der Waals surface area contributed by atoms with Gasteiger partial charge in [-0.05, 0) is 29.8 Å². The standard InChI is InChI=1S/C21H22BrF2N3O3/c1-27-7-6-25-21(27)19(13-4-3-5-16(8-13)29-2)26-11-15(28)12-30-20-17(23)9-14(22)10-18(20)24/h3-10,15,19,26,28H,11-12H2,1-2H3. The van der Waals surface area contributed by atoms with Crippen LogP contribution in [-0.2, 0) is 7.05 Å². The van der Waals surface area contributed by atoms with Crippen LogP contribution in [-0.4, -0.2) is 41.0 Å². The van der Waals surface area contributed by atoms with Crippen LogP contribution in [0.2, 0.25) is 0 Å². The van der Waals surface area contributed by atoms with Gasteiger partial charge in [0.15, 0.2) is 17.4 Å². The summed E-state index contributed by atoms with van der Waals surface area (Å²) in [6.45, 7) is -0.178. The van der Waals surface area contributed by atoms with Crippen LogP contribution in [0.5, 0.6) is 11.5 Å². The van der Waals surface area contributed by atoms with Crippen molar-refractivity contribution in [3.8, 4) is 11.5 Å². The maximum Gasteiger partial charge on any atom is 0.190 e. The minimum atomic E-state index is -1.01. The fraction of sp³-hybridized carbons (Fsp3) is 0.286. The second-order valence-electron chi connectivity index (χ2n) is 6.68. The molecular formula is C21H22BrF2N3O3. The van der Waals surface area contributed by atoms with E-state index in [1.807, 2.05) is 42.1 Å². The molecule has 3 aromatic rings. The summed E-state index contributed by atoms with van der Waals surface area (Å²) in [5.41, 5.74) is 0.891. The summed E-state index contributed by atoms with van der Waals surface area (Å²) in [4.78, 5) is 4.39. The van der Waals surface area contributed by atoms with Gasteiger partial charge in [-0.25, -0.2) is 13.8 Å². The Labute approximate surface area is 181 Å². The highest BCUT2D eigenvalue weighted by atomic mass is 79.9. The molecule has 0 spiro atoms. The molecule has 0 aliphatic heterocycles. The third-order valence-corrected chi connectivity index (χ3v) is 4.94. The van der Waals surface area contributed by atoms with Crippen LogP contribution in [0.25, 0.3) is 0 Å². The van der Waals surface area contributed by atoms with Crippen LogP contribution in [0.4, 0.5) is 8.78 Å². The number of hydrogen-bond donors (Lipinski definition) is 2. The van der Waals surface area contributed by atoms with Gasteiger partial charge in [0, 0.05) is 30.5 Å². The van der Waals surface area contributed by atoms with Gasteiger partial charge in [-0.3, -0.25) is 0 Å². The SMILES string of the molecule is COc1cccc(C(NCC(O)COc2c(F)cc(Br)cc2F)c2nccn2C)c1. The van der Waals surface area contributed by atoms with Crippen LogP contribution < -0.4 is 14.8 Å². The summed E-state index contributed by atoms with van der Waals surface area (Å²) in [5, 5.41) is 13.6. The number of aliphatic hydroxyl groups is 1. The lowest BCUT2D eigenvalue weighted by molar-refractivity contribution is 0.0996. The molecule has 2 aromatic carbocycles. The first-order chi connectivity index (χ1) is 14.4. The maximum absolute atomic E-state index is 13.9. The minimum Gasteiger partial charge on any atom is -0.497 e. The van der Waals surface area contributed by atoms with Crippen molar-refractivity contribution in [1.82, 2.24) is 14.9 Å². The Kier molecular flexibility index (Phi) is 7.41. The van der Waals surface area contributed by atoms with Crippen molar-refractivity contribution in [2.75, 3.05) is 20.3 Å². The zero-order valence-corrected chi connectivity index (χ0v) is 18.1. The van der Waals surface area contributed by atoms with Crippen molar-refractivity contribution in [3.05, 3.63) is 76.3 Å². The Morgan fingerprint density at radius 3 is 2.60 bits per heavy atom. The Balaban J connectivity index is 1.69. The summed E-state index contributed by atoms with van der Waals surface area (Å²) in [6, 6.07) is 9.36. The van der Waals surface area contributed by atoms with E-state index in [1.165, 1.54) is 0 Å². The molecule has 2 unspecified atom stereocenters. The monoisotopic (exact) mass is 481 g/mol. The molecule has 0 saturated heterocycles. The molecule has 0 fully saturated rings. The van der Waals surface area contributed by atoms with Crippen LogP contribution >= 0.6 is 15.9 Å². The highest BCUT2D eigenvalue weighted by Crippen LogP contribution is 2.26. The van der Waals surface area contributed by atoms with Crippen LogP contribution in [0.1, 0.15) is 17.4 Å². The Morgan fingerprint density at radius 1 is 1.23 bits per heavy atom. The quantitative estimate of drug-likeness (QED) is 0.488. The fourth-order valence-corrected chi connectivity index (χ4v) is 3.40. The average molecular weight is 482 g/mol. The zero-order valence-electron chi connectivity index (χ0n) is 16.5. The number of ether oxygens (including phenoxy) is 2. The van der Waals surface area contributed by atoms with Crippen molar-refractivity contribution in [1.29, 1.82) is 0 Å². The van der Waals surface area contributed by atoms with Gasteiger partial charge in [0.1, 0.15) is 24.3 Å². The predicted octanol–water partition coefficient (Wildman–Crippen LogP) is 3.59. The largest absolute Gasteiger partial charge is 0.497 e. The van der Waals surface area contributed by atoms with Gasteiger partial charge < -0.3 is 24.5 Å². The van der Waals surface area contributed by atoms with Crippen molar-refractivity contribution in [2.45, 2.75) is 12.1 Å². The van der Waals surface area contributed by atoms with E-state index in [4.69, 9.17) is 9.47 Å². The number of imidazole rings is 1. The van der Waals surface area contributed by atoms with E-state index in [-0.39, 0.29) is 23.7 Å². The highest BCUT2D eigenvalue weighted by molar-refractivity contribution is 9.10. The van der Waals surface area contributed by atoms with E-state index in [1.54, 1.807) is 13.3 Å². The van der Waals surface area contributed by atoms with Gasteiger partial charge >= 0.3 is 0 Å². The second-order valence-corrected chi connectivity index (χ2v) is 7.59. The summed E-state index contributed by atoms with van der Waals surface area (Å²) in [5.74, 6) is -0.778. The topological polar surface area (TPSA) is 68.5 Å². The van der Waals surface area contributed by atoms with Gasteiger partial charge in [0.2, 0.25) is 0 Å². The number of rotatable bonds is 9. The Bertz CT molecular complexity index is 976. The van der Waals surface area contributed by atoms with E-state index >= 15 is 0 Å². The van der Waals surface area contributed by atoms with Crippen LogP contribution in [0.3, 0.4) is 0 Å². The van der Waals surface area contributed by atoms with Crippen LogP contribution in [0.15, 0.2) is 53.3 Å². The van der Waals surface area contributed by atoms with Gasteiger partial charge in [-0.2, -0.15) is 0 Å². The number of aromatic nitrogens is 2. The van der Waals surface area contributed by atoms with Crippen molar-refractivity contribution >= 4 is 15.9 Å². The number of aliphatic hydroxyl groups excluding tert-OH is 1. The number of nitrogens with zero attached hydrogens (tertiary/aromatic N) is 2. The molecule has 2 atom stereocenters. The lowest BCUT2D eigenvalue weighted by atomic mass is 10.1. The van der Waals surface area contributed by atoms with Crippen molar-refractivity contribution in [2.24, 2.45) is 7.05 Å².